The van der Waals surface area contributed by atoms with Gasteiger partial charge >= 0.3 is 0 Å². The second kappa shape index (κ2) is 9.73. The van der Waals surface area contributed by atoms with Crippen LogP contribution >= 0.6 is 35.0 Å². The Labute approximate surface area is 189 Å². The maximum absolute atomic E-state index is 12.4. The molecule has 1 heterocycles. The van der Waals surface area contributed by atoms with Gasteiger partial charge in [-0.15, -0.1) is 10.2 Å². The van der Waals surface area contributed by atoms with Crippen LogP contribution in [0.4, 0.5) is 5.69 Å². The van der Waals surface area contributed by atoms with E-state index in [4.69, 9.17) is 27.9 Å². The second-order valence-electron chi connectivity index (χ2n) is 6.93. The van der Waals surface area contributed by atoms with E-state index in [0.29, 0.717) is 26.8 Å². The van der Waals surface area contributed by atoms with E-state index in [1.54, 1.807) is 22.8 Å². The molecule has 0 radical (unpaired) electrons. The molecule has 3 aromatic rings. The first-order valence-corrected chi connectivity index (χ1v) is 11.0. The zero-order valence-electron chi connectivity index (χ0n) is 17.1. The van der Waals surface area contributed by atoms with Crippen molar-refractivity contribution >= 4 is 46.6 Å². The molecule has 0 saturated carbocycles. The summed E-state index contributed by atoms with van der Waals surface area (Å²) in [5.74, 6) is 1.27. The van der Waals surface area contributed by atoms with Crippen molar-refractivity contribution in [2.24, 2.45) is 7.05 Å². The van der Waals surface area contributed by atoms with Gasteiger partial charge < -0.3 is 14.6 Å². The summed E-state index contributed by atoms with van der Waals surface area (Å²) in [5.41, 5.74) is 4.12. The minimum atomic E-state index is -0.0937. The lowest BCUT2D eigenvalue weighted by molar-refractivity contribution is -0.113. The molecule has 0 bridgehead atoms. The van der Waals surface area contributed by atoms with Gasteiger partial charge in [-0.25, -0.2) is 0 Å². The highest BCUT2D eigenvalue weighted by atomic mass is 35.5. The summed E-state index contributed by atoms with van der Waals surface area (Å²) >= 11 is 13.3. The average molecular weight is 465 g/mol. The molecule has 30 heavy (non-hydrogen) atoms. The van der Waals surface area contributed by atoms with Gasteiger partial charge in [0.25, 0.3) is 0 Å². The van der Waals surface area contributed by atoms with E-state index in [9.17, 15) is 4.79 Å². The van der Waals surface area contributed by atoms with Crippen molar-refractivity contribution in [1.29, 1.82) is 0 Å². The number of carbonyl (C=O) groups is 1. The Morgan fingerprint density at radius 1 is 1.13 bits per heavy atom. The molecule has 2 aromatic carbocycles. The Hall–Kier alpha value is -2.22. The maximum Gasteiger partial charge on any atom is 0.234 e. The number of amides is 1. The lowest BCUT2D eigenvalue weighted by Crippen LogP contribution is -2.16. The highest BCUT2D eigenvalue weighted by Crippen LogP contribution is 2.28. The number of hydrogen-bond donors (Lipinski definition) is 1. The van der Waals surface area contributed by atoms with Gasteiger partial charge in [-0.1, -0.05) is 52.7 Å². The number of hydrogen-bond acceptors (Lipinski definition) is 5. The van der Waals surface area contributed by atoms with Crippen LogP contribution in [-0.4, -0.2) is 26.4 Å². The highest BCUT2D eigenvalue weighted by molar-refractivity contribution is 7.99. The molecule has 6 nitrogen and oxygen atoms in total. The molecule has 0 spiro atoms. The summed E-state index contributed by atoms with van der Waals surface area (Å²) in [6.07, 6.45) is 0. The summed E-state index contributed by atoms with van der Waals surface area (Å²) in [7, 11) is 1.83. The topological polar surface area (TPSA) is 69.0 Å². The normalized spacial score (nSPS) is 10.9. The molecule has 1 N–H and O–H groups in total. The van der Waals surface area contributed by atoms with E-state index >= 15 is 0 Å². The number of rotatable bonds is 7. The average Bonchev–Trinajstić information content (AvgIpc) is 3.02. The number of carbonyl (C=O) groups excluding carboxylic acids is 1. The molecule has 0 unspecified atom stereocenters. The van der Waals surface area contributed by atoms with Crippen LogP contribution in [0.2, 0.25) is 10.0 Å². The van der Waals surface area contributed by atoms with Crippen LogP contribution in [0.15, 0.2) is 35.5 Å². The number of benzene rings is 2. The Morgan fingerprint density at radius 3 is 2.50 bits per heavy atom. The molecule has 3 rings (SSSR count). The first kappa shape index (κ1) is 22.5. The Balaban J connectivity index is 1.58. The fourth-order valence-corrected chi connectivity index (χ4v) is 4.21. The number of halogens is 2. The molecule has 0 aliphatic carbocycles. The molecule has 1 amide bonds. The summed E-state index contributed by atoms with van der Waals surface area (Å²) in [4.78, 5) is 12.4. The lowest BCUT2D eigenvalue weighted by atomic mass is 10.1. The van der Waals surface area contributed by atoms with Gasteiger partial charge in [0.1, 0.15) is 12.4 Å². The number of anilines is 1. The molecule has 0 saturated heterocycles. The van der Waals surface area contributed by atoms with Crippen LogP contribution in [0.3, 0.4) is 0 Å². The number of ether oxygens (including phenoxy) is 1. The van der Waals surface area contributed by atoms with Crippen LogP contribution in [0.1, 0.15) is 22.5 Å². The van der Waals surface area contributed by atoms with Crippen molar-refractivity contribution in [1.82, 2.24) is 14.8 Å². The molecule has 0 atom stereocenters. The van der Waals surface area contributed by atoms with Crippen LogP contribution in [0.25, 0.3) is 0 Å². The number of nitrogens with zero attached hydrogens (tertiary/aromatic N) is 3. The van der Waals surface area contributed by atoms with Crippen molar-refractivity contribution < 1.29 is 9.53 Å². The van der Waals surface area contributed by atoms with Crippen LogP contribution < -0.4 is 10.1 Å². The molecule has 9 heteroatoms. The van der Waals surface area contributed by atoms with Gasteiger partial charge in [-0.2, -0.15) is 0 Å². The summed E-state index contributed by atoms with van der Waals surface area (Å²) in [5, 5.41) is 12.9. The van der Waals surface area contributed by atoms with Gasteiger partial charge in [0.2, 0.25) is 5.91 Å². The van der Waals surface area contributed by atoms with E-state index in [2.05, 4.69) is 27.6 Å². The smallest absolute Gasteiger partial charge is 0.234 e. The number of aryl methyl sites for hydroxylation is 3. The Bertz CT molecular complexity index is 1060. The SMILES string of the molecule is Cc1cc(C)c(NC(=O)CSc2nnc(COc3ccc(Cl)cc3Cl)n2C)c(C)c1. The van der Waals surface area contributed by atoms with E-state index in [-0.39, 0.29) is 18.3 Å². The van der Waals surface area contributed by atoms with Crippen molar-refractivity contribution in [3.63, 3.8) is 0 Å². The van der Waals surface area contributed by atoms with Gasteiger partial charge in [0.05, 0.1) is 10.8 Å². The lowest BCUT2D eigenvalue weighted by Gasteiger charge is -2.12. The van der Waals surface area contributed by atoms with E-state index in [1.807, 2.05) is 27.8 Å². The largest absolute Gasteiger partial charge is 0.484 e. The molecule has 158 valence electrons. The molecule has 0 aliphatic heterocycles. The van der Waals surface area contributed by atoms with Crippen molar-refractivity contribution in [2.45, 2.75) is 32.5 Å². The monoisotopic (exact) mass is 464 g/mol. The van der Waals surface area contributed by atoms with Gasteiger partial charge in [-0.05, 0) is 50.1 Å². The van der Waals surface area contributed by atoms with E-state index in [1.165, 1.54) is 17.3 Å². The van der Waals surface area contributed by atoms with Crippen molar-refractivity contribution in [2.75, 3.05) is 11.1 Å². The van der Waals surface area contributed by atoms with Gasteiger partial charge in [0.15, 0.2) is 11.0 Å². The molecular formula is C21H22Cl2N4O2S. The van der Waals surface area contributed by atoms with Crippen molar-refractivity contribution in [3.05, 3.63) is 62.9 Å². The quantitative estimate of drug-likeness (QED) is 0.476. The van der Waals surface area contributed by atoms with E-state index in [0.717, 1.165) is 16.8 Å². The van der Waals surface area contributed by atoms with Gasteiger partial charge in [0, 0.05) is 17.8 Å². The number of aromatic nitrogens is 3. The van der Waals surface area contributed by atoms with Crippen molar-refractivity contribution in [3.8, 4) is 5.75 Å². The number of nitrogens with one attached hydrogen (secondary N) is 1. The fourth-order valence-electron chi connectivity index (χ4n) is 3.01. The highest BCUT2D eigenvalue weighted by Gasteiger charge is 2.14. The standard InChI is InChI=1S/C21H22Cl2N4O2S/c1-12-7-13(2)20(14(3)8-12)24-19(28)11-30-21-26-25-18(27(21)4)10-29-17-6-5-15(22)9-16(17)23/h5-9H,10-11H2,1-4H3,(H,24,28). The summed E-state index contributed by atoms with van der Waals surface area (Å²) < 4.78 is 7.51. The predicted octanol–water partition coefficient (Wildman–Crippen LogP) is 5.36. The third-order valence-electron chi connectivity index (χ3n) is 4.45. The third-order valence-corrected chi connectivity index (χ3v) is 6.00. The molecule has 0 fully saturated rings. The summed E-state index contributed by atoms with van der Waals surface area (Å²) in [6, 6.07) is 9.13. The maximum atomic E-state index is 12.4. The minimum absolute atomic E-state index is 0.0937. The molecular weight excluding hydrogens is 443 g/mol. The van der Waals surface area contributed by atoms with Crippen LogP contribution in [0.5, 0.6) is 5.75 Å². The first-order chi connectivity index (χ1) is 14.2. The zero-order chi connectivity index (χ0) is 21.8. The minimum Gasteiger partial charge on any atom is -0.484 e. The van der Waals surface area contributed by atoms with Crippen LogP contribution in [-0.2, 0) is 18.4 Å². The summed E-state index contributed by atoms with van der Waals surface area (Å²) in [6.45, 7) is 6.21. The Morgan fingerprint density at radius 2 is 1.83 bits per heavy atom. The Kier molecular flexibility index (Phi) is 7.28. The second-order valence-corrected chi connectivity index (χ2v) is 8.72. The van der Waals surface area contributed by atoms with Gasteiger partial charge in [-0.3, -0.25) is 4.79 Å². The van der Waals surface area contributed by atoms with Crippen LogP contribution in [0, 0.1) is 20.8 Å². The number of thioether (sulfide) groups is 1. The first-order valence-electron chi connectivity index (χ1n) is 9.21. The van der Waals surface area contributed by atoms with E-state index < -0.39 is 0 Å². The third kappa shape index (κ3) is 5.47. The molecule has 1 aromatic heterocycles. The zero-order valence-corrected chi connectivity index (χ0v) is 19.5. The predicted molar refractivity (Wildman–Crippen MR) is 122 cm³/mol. The fraction of sp³-hybridized carbons (Fsp3) is 0.286. The molecule has 0 aliphatic rings.